The molecule has 0 aliphatic heterocycles. The van der Waals surface area contributed by atoms with Crippen molar-refractivity contribution in [3.8, 4) is 0 Å². The third-order valence-electron chi connectivity index (χ3n) is 1.93. The summed E-state index contributed by atoms with van der Waals surface area (Å²) in [6, 6.07) is 5.45. The second-order valence-corrected chi connectivity index (χ2v) is 4.68. The number of thiazole rings is 1. The molecule has 0 saturated heterocycles. The van der Waals surface area contributed by atoms with Crippen molar-refractivity contribution in [2.75, 3.05) is 18.9 Å². The molecule has 16 heavy (non-hydrogen) atoms. The average Bonchev–Trinajstić information content (AvgIpc) is 2.59. The molecule has 0 unspecified atom stereocenters. The number of rotatable bonds is 3. The van der Waals surface area contributed by atoms with E-state index in [1.54, 1.807) is 13.1 Å². The van der Waals surface area contributed by atoms with E-state index in [4.69, 9.17) is 11.6 Å². The molecule has 1 aromatic carbocycles. The van der Waals surface area contributed by atoms with Gasteiger partial charge in [0.15, 0.2) is 5.13 Å². The van der Waals surface area contributed by atoms with Crippen molar-refractivity contribution in [2.24, 2.45) is 0 Å². The minimum Gasteiger partial charge on any atom is -0.311 e. The Morgan fingerprint density at radius 2 is 2.38 bits per heavy atom. The highest BCUT2D eigenvalue weighted by molar-refractivity contribution is 7.22. The average molecular weight is 256 g/mol. The Morgan fingerprint density at radius 3 is 3.12 bits per heavy atom. The summed E-state index contributed by atoms with van der Waals surface area (Å²) in [5, 5.41) is 6.75. The molecular formula is C10H10ClN3OS. The molecule has 2 aromatic rings. The molecule has 84 valence electrons. The number of hydrogen-bond donors (Lipinski definition) is 2. The summed E-state index contributed by atoms with van der Waals surface area (Å²) in [5.74, 6) is -0.104. The number of hydrogen-bond acceptors (Lipinski definition) is 4. The summed E-state index contributed by atoms with van der Waals surface area (Å²) in [6.07, 6.45) is 0. The number of carbonyl (C=O) groups excluding carboxylic acids is 1. The van der Waals surface area contributed by atoms with Gasteiger partial charge >= 0.3 is 0 Å². The zero-order chi connectivity index (χ0) is 11.5. The Labute approximate surface area is 102 Å². The van der Waals surface area contributed by atoms with Crippen molar-refractivity contribution in [3.63, 3.8) is 0 Å². The first-order chi connectivity index (χ1) is 7.69. The number of fused-ring (bicyclic) bond motifs is 1. The number of carbonyl (C=O) groups is 1. The fourth-order valence-electron chi connectivity index (χ4n) is 1.28. The van der Waals surface area contributed by atoms with Crippen LogP contribution in [0.15, 0.2) is 18.2 Å². The summed E-state index contributed by atoms with van der Waals surface area (Å²) < 4.78 is 0.965. The number of benzene rings is 1. The fourth-order valence-corrected chi connectivity index (χ4v) is 2.43. The maximum absolute atomic E-state index is 11.3. The van der Waals surface area contributed by atoms with Gasteiger partial charge in [0, 0.05) is 5.02 Å². The van der Waals surface area contributed by atoms with Gasteiger partial charge in [-0.2, -0.15) is 0 Å². The number of amides is 1. The minimum absolute atomic E-state index is 0.104. The van der Waals surface area contributed by atoms with E-state index in [9.17, 15) is 4.79 Å². The highest BCUT2D eigenvalue weighted by Gasteiger charge is 2.07. The standard InChI is InChI=1S/C10H10ClN3OS/c1-12-5-9(15)14-10-13-7-3-2-6(11)4-8(7)16-10/h2-4,12H,5H2,1H3,(H,13,14,15). The lowest BCUT2D eigenvalue weighted by molar-refractivity contribution is -0.115. The first-order valence-electron chi connectivity index (χ1n) is 4.69. The van der Waals surface area contributed by atoms with Crippen LogP contribution in [0.4, 0.5) is 5.13 Å². The lowest BCUT2D eigenvalue weighted by Crippen LogP contribution is -2.24. The summed E-state index contributed by atoms with van der Waals surface area (Å²) in [7, 11) is 1.72. The van der Waals surface area contributed by atoms with E-state index in [1.807, 2.05) is 12.1 Å². The van der Waals surface area contributed by atoms with Gasteiger partial charge in [0.25, 0.3) is 0 Å². The number of anilines is 1. The molecule has 0 saturated carbocycles. The first-order valence-corrected chi connectivity index (χ1v) is 5.89. The molecule has 0 radical (unpaired) electrons. The molecule has 0 bridgehead atoms. The normalized spacial score (nSPS) is 10.6. The highest BCUT2D eigenvalue weighted by Crippen LogP contribution is 2.28. The Morgan fingerprint density at radius 1 is 1.56 bits per heavy atom. The lowest BCUT2D eigenvalue weighted by atomic mass is 10.3. The Balaban J connectivity index is 2.23. The van der Waals surface area contributed by atoms with Crippen LogP contribution in [0, 0.1) is 0 Å². The van der Waals surface area contributed by atoms with E-state index in [2.05, 4.69) is 15.6 Å². The Hall–Kier alpha value is -1.17. The molecular weight excluding hydrogens is 246 g/mol. The smallest absolute Gasteiger partial charge is 0.240 e. The SMILES string of the molecule is CNCC(=O)Nc1nc2ccc(Cl)cc2s1. The number of likely N-dealkylation sites (N-methyl/N-ethyl adjacent to an activating group) is 1. The topological polar surface area (TPSA) is 54.0 Å². The van der Waals surface area contributed by atoms with Crippen molar-refractivity contribution in [1.82, 2.24) is 10.3 Å². The van der Waals surface area contributed by atoms with Gasteiger partial charge < -0.3 is 10.6 Å². The van der Waals surface area contributed by atoms with Crippen LogP contribution in [0.2, 0.25) is 5.02 Å². The maximum atomic E-state index is 11.3. The predicted molar refractivity (Wildman–Crippen MR) is 67.2 cm³/mol. The van der Waals surface area contributed by atoms with Crippen LogP contribution in [0.3, 0.4) is 0 Å². The van der Waals surface area contributed by atoms with Gasteiger partial charge in [-0.15, -0.1) is 0 Å². The van der Waals surface area contributed by atoms with Gasteiger partial charge in [-0.1, -0.05) is 22.9 Å². The molecule has 6 heteroatoms. The van der Waals surface area contributed by atoms with Gasteiger partial charge in [0.1, 0.15) is 0 Å². The largest absolute Gasteiger partial charge is 0.311 e. The lowest BCUT2D eigenvalue weighted by Gasteiger charge is -1.98. The maximum Gasteiger partial charge on any atom is 0.240 e. The molecule has 2 rings (SSSR count). The summed E-state index contributed by atoms with van der Waals surface area (Å²) in [4.78, 5) is 15.6. The molecule has 0 spiro atoms. The molecule has 4 nitrogen and oxygen atoms in total. The van der Waals surface area contributed by atoms with E-state index in [0.717, 1.165) is 10.2 Å². The molecule has 0 atom stereocenters. The number of nitrogens with one attached hydrogen (secondary N) is 2. The second kappa shape index (κ2) is 4.78. The Kier molecular flexibility index (Phi) is 3.38. The van der Waals surface area contributed by atoms with Crippen molar-refractivity contribution < 1.29 is 4.79 Å². The minimum atomic E-state index is -0.104. The van der Waals surface area contributed by atoms with E-state index in [0.29, 0.717) is 10.2 Å². The van der Waals surface area contributed by atoms with Crippen LogP contribution in [0.25, 0.3) is 10.2 Å². The summed E-state index contributed by atoms with van der Waals surface area (Å²) >= 11 is 7.28. The van der Waals surface area contributed by atoms with Crippen molar-refractivity contribution in [3.05, 3.63) is 23.2 Å². The highest BCUT2D eigenvalue weighted by atomic mass is 35.5. The van der Waals surface area contributed by atoms with E-state index in [-0.39, 0.29) is 12.5 Å². The third kappa shape index (κ3) is 2.49. The van der Waals surface area contributed by atoms with Crippen LogP contribution >= 0.6 is 22.9 Å². The summed E-state index contributed by atoms with van der Waals surface area (Å²) in [6.45, 7) is 0.274. The zero-order valence-electron chi connectivity index (χ0n) is 8.58. The zero-order valence-corrected chi connectivity index (χ0v) is 10.2. The molecule has 1 aromatic heterocycles. The Bertz CT molecular complexity index is 526. The molecule has 0 aliphatic carbocycles. The first kappa shape index (κ1) is 11.3. The van der Waals surface area contributed by atoms with Crippen LogP contribution in [-0.4, -0.2) is 24.5 Å². The van der Waals surface area contributed by atoms with Crippen molar-refractivity contribution in [1.29, 1.82) is 0 Å². The van der Waals surface area contributed by atoms with Gasteiger partial charge in [-0.25, -0.2) is 4.98 Å². The van der Waals surface area contributed by atoms with Crippen LogP contribution < -0.4 is 10.6 Å². The number of aromatic nitrogens is 1. The van der Waals surface area contributed by atoms with Gasteiger partial charge in [-0.05, 0) is 25.2 Å². The van der Waals surface area contributed by atoms with E-state index < -0.39 is 0 Å². The monoisotopic (exact) mass is 255 g/mol. The molecule has 1 heterocycles. The molecule has 0 fully saturated rings. The quantitative estimate of drug-likeness (QED) is 0.883. The van der Waals surface area contributed by atoms with Gasteiger partial charge in [0.05, 0.1) is 16.8 Å². The number of halogens is 1. The van der Waals surface area contributed by atoms with Crippen molar-refractivity contribution in [2.45, 2.75) is 0 Å². The molecule has 0 aliphatic rings. The van der Waals surface area contributed by atoms with Gasteiger partial charge in [-0.3, -0.25) is 4.79 Å². The fraction of sp³-hybridized carbons (Fsp3) is 0.200. The van der Waals surface area contributed by atoms with Gasteiger partial charge in [0.2, 0.25) is 5.91 Å². The van der Waals surface area contributed by atoms with E-state index >= 15 is 0 Å². The number of nitrogens with zero attached hydrogens (tertiary/aromatic N) is 1. The van der Waals surface area contributed by atoms with E-state index in [1.165, 1.54) is 11.3 Å². The van der Waals surface area contributed by atoms with Crippen LogP contribution in [0.1, 0.15) is 0 Å². The molecule has 2 N–H and O–H groups in total. The predicted octanol–water partition coefficient (Wildman–Crippen LogP) is 2.11. The molecule has 1 amide bonds. The van der Waals surface area contributed by atoms with Crippen LogP contribution in [0.5, 0.6) is 0 Å². The second-order valence-electron chi connectivity index (χ2n) is 3.21. The summed E-state index contributed by atoms with van der Waals surface area (Å²) in [5.41, 5.74) is 0.842. The van der Waals surface area contributed by atoms with Crippen molar-refractivity contribution >= 4 is 44.2 Å². The van der Waals surface area contributed by atoms with Crippen LogP contribution in [-0.2, 0) is 4.79 Å². The third-order valence-corrected chi connectivity index (χ3v) is 3.10.